The first-order valence-corrected chi connectivity index (χ1v) is 14.7. The first-order chi connectivity index (χ1) is 21.0. The topological polar surface area (TPSA) is 120 Å². The average Bonchev–Trinajstić information content (AvgIpc) is 3.36. The normalized spacial score (nSPS) is 14.9. The lowest BCUT2D eigenvalue weighted by atomic mass is 9.92. The van der Waals surface area contributed by atoms with Crippen molar-refractivity contribution < 1.29 is 8.78 Å². The average molecular weight is 616 g/mol. The summed E-state index contributed by atoms with van der Waals surface area (Å²) in [6, 6.07) is 11.2. The first kappa shape index (κ1) is 29.5. The van der Waals surface area contributed by atoms with E-state index in [4.69, 9.17) is 11.6 Å². The van der Waals surface area contributed by atoms with Gasteiger partial charge >= 0.3 is 0 Å². The molecule has 2 aromatic carbocycles. The van der Waals surface area contributed by atoms with Gasteiger partial charge in [0.1, 0.15) is 17.3 Å². The van der Waals surface area contributed by atoms with Gasteiger partial charge in [0.2, 0.25) is 0 Å². The summed E-state index contributed by atoms with van der Waals surface area (Å²) in [5.74, 6) is 0. The minimum Gasteiger partial charge on any atom is -0.383 e. The lowest BCUT2D eigenvalue weighted by Gasteiger charge is -2.23. The molecule has 3 N–H and O–H groups in total. The van der Waals surface area contributed by atoms with Gasteiger partial charge in [-0.2, -0.15) is 10.4 Å². The number of nitriles is 1. The smallest absolute Gasteiger partial charge is 0.263 e. The number of H-pyrrole nitrogens is 1. The Morgan fingerprint density at radius 3 is 2.66 bits per heavy atom. The van der Waals surface area contributed by atoms with Gasteiger partial charge in [-0.05, 0) is 54.0 Å². The molecule has 3 aromatic heterocycles. The molecule has 9 nitrogen and oxygen atoms in total. The molecule has 0 aliphatic heterocycles. The third-order valence-corrected chi connectivity index (χ3v) is 8.37. The van der Waals surface area contributed by atoms with Crippen LogP contribution in [0.15, 0.2) is 55.1 Å². The Balaban J connectivity index is 1.48. The van der Waals surface area contributed by atoms with Crippen LogP contribution in [-0.2, 0) is 5.54 Å². The molecule has 0 spiro atoms. The number of pyridine rings is 1. The summed E-state index contributed by atoms with van der Waals surface area (Å²) >= 11 is 6.79. The number of halogens is 3. The van der Waals surface area contributed by atoms with Crippen molar-refractivity contribution in [1.29, 1.82) is 5.26 Å². The van der Waals surface area contributed by atoms with Crippen molar-refractivity contribution in [1.82, 2.24) is 30.2 Å². The predicted octanol–water partition coefficient (Wildman–Crippen LogP) is 7.46. The first-order valence-electron chi connectivity index (χ1n) is 14.3. The van der Waals surface area contributed by atoms with Gasteiger partial charge in [-0.1, -0.05) is 55.8 Å². The summed E-state index contributed by atoms with van der Waals surface area (Å²) in [5.41, 5.74) is 5.08. The Morgan fingerprint density at radius 2 is 2.00 bits per heavy atom. The van der Waals surface area contributed by atoms with Crippen LogP contribution in [0.1, 0.15) is 62.0 Å². The molecule has 226 valence electrons. The maximum atomic E-state index is 14.0. The number of fused-ring (bicyclic) bond motifs is 1. The van der Waals surface area contributed by atoms with Crippen molar-refractivity contribution in [3.05, 3.63) is 82.5 Å². The SMILES string of the molecule is Cc1c(-c2cn[nH]c2)cccc1[C@H](Nc1cc(Cl)c2ncc(C#N)c(NCC(C)(C)C)c2c1)c1cn(C2(C(F)F)CC2)nn1. The number of rotatable bonds is 9. The van der Waals surface area contributed by atoms with Gasteiger partial charge in [-0.15, -0.1) is 5.10 Å². The lowest BCUT2D eigenvalue weighted by molar-refractivity contribution is 0.0593. The fourth-order valence-electron chi connectivity index (χ4n) is 5.43. The van der Waals surface area contributed by atoms with Crippen molar-refractivity contribution in [2.24, 2.45) is 5.41 Å². The molecule has 1 atom stereocenters. The van der Waals surface area contributed by atoms with Crippen LogP contribution in [0.25, 0.3) is 22.0 Å². The lowest BCUT2D eigenvalue weighted by Crippen LogP contribution is -2.26. The number of nitrogens with zero attached hydrogens (tertiary/aromatic N) is 6. The van der Waals surface area contributed by atoms with Gasteiger partial charge in [0, 0.05) is 35.6 Å². The van der Waals surface area contributed by atoms with E-state index in [0.29, 0.717) is 57.9 Å². The standard InChI is InChI=1S/C32H32ClF2N9/c1-18-22(20-14-39-40-15-20)6-5-7-23(18)29(26-16-44(43-42-26)32(8-9-32)30(34)35)41-21-10-24-27(38-17-31(2,3)4)19(12-36)13-37-28(24)25(33)11-21/h5-7,10-11,13-16,29-30,41H,8-9,17H2,1-4H3,(H,37,38)(H,39,40)/t29-/m0/s1. The minimum absolute atomic E-state index is 0.0480. The van der Waals surface area contributed by atoms with Crippen LogP contribution in [0, 0.1) is 23.7 Å². The number of benzene rings is 2. The van der Waals surface area contributed by atoms with Gasteiger partial charge in [0.15, 0.2) is 0 Å². The number of aromatic amines is 1. The van der Waals surface area contributed by atoms with E-state index >= 15 is 0 Å². The number of aromatic nitrogens is 6. The Kier molecular flexibility index (Phi) is 7.49. The molecule has 0 bridgehead atoms. The maximum absolute atomic E-state index is 14.0. The number of hydrogen-bond donors (Lipinski definition) is 3. The van der Waals surface area contributed by atoms with Crippen molar-refractivity contribution in [2.45, 2.75) is 58.5 Å². The number of nitrogens with one attached hydrogen (secondary N) is 3. The molecule has 12 heteroatoms. The predicted molar refractivity (Wildman–Crippen MR) is 167 cm³/mol. The third kappa shape index (κ3) is 5.46. The molecule has 6 rings (SSSR count). The molecule has 0 radical (unpaired) electrons. The van der Waals surface area contributed by atoms with E-state index in [2.05, 4.69) is 63.0 Å². The Hall–Kier alpha value is -4.56. The number of anilines is 2. The van der Waals surface area contributed by atoms with E-state index in [1.807, 2.05) is 37.4 Å². The maximum Gasteiger partial charge on any atom is 0.263 e. The molecule has 1 fully saturated rings. The van der Waals surface area contributed by atoms with Crippen molar-refractivity contribution in [2.75, 3.05) is 17.2 Å². The fourth-order valence-corrected chi connectivity index (χ4v) is 5.70. The zero-order chi connectivity index (χ0) is 31.2. The van der Waals surface area contributed by atoms with Gasteiger partial charge in [-0.25, -0.2) is 13.5 Å². The molecule has 5 aromatic rings. The third-order valence-electron chi connectivity index (χ3n) is 8.08. The monoisotopic (exact) mass is 615 g/mol. The van der Waals surface area contributed by atoms with Crippen molar-refractivity contribution in [3.63, 3.8) is 0 Å². The van der Waals surface area contributed by atoms with E-state index < -0.39 is 18.0 Å². The van der Waals surface area contributed by atoms with Crippen LogP contribution in [0.4, 0.5) is 20.2 Å². The molecule has 1 saturated carbocycles. The van der Waals surface area contributed by atoms with Crippen LogP contribution in [-0.4, -0.2) is 43.1 Å². The second kappa shape index (κ2) is 11.2. The van der Waals surface area contributed by atoms with Crippen LogP contribution < -0.4 is 10.6 Å². The summed E-state index contributed by atoms with van der Waals surface area (Å²) in [6.45, 7) is 8.93. The van der Waals surface area contributed by atoms with E-state index in [0.717, 1.165) is 22.3 Å². The molecule has 1 aliphatic rings. The van der Waals surface area contributed by atoms with Crippen LogP contribution in [0.3, 0.4) is 0 Å². The Bertz CT molecular complexity index is 1870. The molecule has 44 heavy (non-hydrogen) atoms. The molecule has 3 heterocycles. The molecule has 0 unspecified atom stereocenters. The van der Waals surface area contributed by atoms with Crippen LogP contribution in [0.5, 0.6) is 0 Å². The molecule has 0 saturated heterocycles. The summed E-state index contributed by atoms with van der Waals surface area (Å²) < 4.78 is 29.3. The van der Waals surface area contributed by atoms with E-state index in [1.54, 1.807) is 18.5 Å². The van der Waals surface area contributed by atoms with Crippen molar-refractivity contribution in [3.8, 4) is 17.2 Å². The Labute approximate surface area is 258 Å². The highest BCUT2D eigenvalue weighted by atomic mass is 35.5. The van der Waals surface area contributed by atoms with E-state index in [1.165, 1.54) is 10.9 Å². The summed E-state index contributed by atoms with van der Waals surface area (Å²) in [4.78, 5) is 4.47. The van der Waals surface area contributed by atoms with Crippen LogP contribution in [0.2, 0.25) is 5.02 Å². The fraction of sp³-hybridized carbons (Fsp3) is 0.344. The highest BCUT2D eigenvalue weighted by Gasteiger charge is 2.54. The molecular formula is C32H32ClF2N9. The van der Waals surface area contributed by atoms with E-state index in [-0.39, 0.29) is 5.41 Å². The summed E-state index contributed by atoms with van der Waals surface area (Å²) in [5, 5.41) is 33.5. The highest BCUT2D eigenvalue weighted by molar-refractivity contribution is 6.35. The highest BCUT2D eigenvalue weighted by Crippen LogP contribution is 2.48. The van der Waals surface area contributed by atoms with Gasteiger partial charge < -0.3 is 10.6 Å². The quantitative estimate of drug-likeness (QED) is 0.157. The number of alkyl halides is 2. The molecule has 0 amide bonds. The Morgan fingerprint density at radius 1 is 1.20 bits per heavy atom. The summed E-state index contributed by atoms with van der Waals surface area (Å²) in [6.07, 6.45) is 4.84. The second-order valence-corrected chi connectivity index (χ2v) is 12.9. The molecule has 1 aliphatic carbocycles. The summed E-state index contributed by atoms with van der Waals surface area (Å²) in [7, 11) is 0. The minimum atomic E-state index is -2.55. The van der Waals surface area contributed by atoms with E-state index in [9.17, 15) is 14.0 Å². The zero-order valence-corrected chi connectivity index (χ0v) is 25.5. The largest absolute Gasteiger partial charge is 0.383 e. The van der Waals surface area contributed by atoms with Crippen molar-refractivity contribution >= 4 is 33.9 Å². The van der Waals surface area contributed by atoms with Gasteiger partial charge in [0.05, 0.1) is 40.2 Å². The molecular weight excluding hydrogens is 584 g/mol. The number of hydrogen-bond acceptors (Lipinski definition) is 7. The van der Waals surface area contributed by atoms with Gasteiger partial charge in [-0.3, -0.25) is 10.1 Å². The van der Waals surface area contributed by atoms with Crippen LogP contribution >= 0.6 is 11.6 Å². The van der Waals surface area contributed by atoms with Gasteiger partial charge in [0.25, 0.3) is 6.43 Å². The zero-order valence-electron chi connectivity index (χ0n) is 24.8. The second-order valence-electron chi connectivity index (χ2n) is 12.5.